The van der Waals surface area contributed by atoms with Crippen LogP contribution in [-0.2, 0) is 39.9 Å². The number of amides is 4. The van der Waals surface area contributed by atoms with Gasteiger partial charge in [0.1, 0.15) is 18.0 Å². The number of hydrazine groups is 1. The van der Waals surface area contributed by atoms with Crippen molar-refractivity contribution in [1.82, 2.24) is 25.1 Å². The highest BCUT2D eigenvalue weighted by molar-refractivity contribution is 5.91. The predicted octanol–water partition coefficient (Wildman–Crippen LogP) is 5.72. The van der Waals surface area contributed by atoms with E-state index in [1.165, 1.54) is 11.1 Å². The quantitative estimate of drug-likeness (QED) is 0.304. The fraction of sp³-hybridized carbons (Fsp3) is 0.410. The number of benzene rings is 3. The highest BCUT2D eigenvalue weighted by atomic mass is 16.3. The van der Waals surface area contributed by atoms with Crippen molar-refractivity contribution in [1.29, 1.82) is 0 Å². The monoisotopic (exact) mass is 651 g/mol. The molecule has 4 amide bonds. The molecular formula is C39H49N5O4. The Labute approximate surface area is 284 Å². The van der Waals surface area contributed by atoms with Gasteiger partial charge in [-0.05, 0) is 50.8 Å². The first-order chi connectivity index (χ1) is 22.7. The van der Waals surface area contributed by atoms with Crippen molar-refractivity contribution in [2.24, 2.45) is 0 Å². The average Bonchev–Trinajstić information content (AvgIpc) is 3.02. The van der Waals surface area contributed by atoms with Crippen LogP contribution in [0.25, 0.3) is 0 Å². The minimum absolute atomic E-state index is 0.0663. The van der Waals surface area contributed by atoms with Crippen LogP contribution in [0.1, 0.15) is 69.4 Å². The molecule has 254 valence electrons. The molecule has 0 bridgehead atoms. The van der Waals surface area contributed by atoms with Gasteiger partial charge in [-0.2, -0.15) is 0 Å². The number of nitrogens with zero attached hydrogens (tertiary/aromatic N) is 4. The van der Waals surface area contributed by atoms with E-state index in [4.69, 9.17) is 0 Å². The van der Waals surface area contributed by atoms with Gasteiger partial charge in [0.05, 0.1) is 13.1 Å². The molecule has 9 nitrogen and oxygen atoms in total. The van der Waals surface area contributed by atoms with E-state index in [-0.39, 0.29) is 60.5 Å². The summed E-state index contributed by atoms with van der Waals surface area (Å²) >= 11 is 0. The summed E-state index contributed by atoms with van der Waals surface area (Å²) in [6.07, 6.45) is 1.18. The second-order valence-corrected chi connectivity index (χ2v) is 14.9. The number of hydrogen-bond donors (Lipinski definition) is 2. The van der Waals surface area contributed by atoms with Crippen LogP contribution in [0.15, 0.2) is 85.5 Å². The molecule has 2 saturated heterocycles. The molecular weight excluding hydrogens is 602 g/mol. The lowest BCUT2D eigenvalue weighted by Crippen LogP contribution is -2.76. The summed E-state index contributed by atoms with van der Waals surface area (Å²) in [5.41, 5.74) is 4.92. The Kier molecular flexibility index (Phi) is 10.0. The summed E-state index contributed by atoms with van der Waals surface area (Å²) in [7, 11) is 0. The minimum atomic E-state index is -0.844. The highest BCUT2D eigenvalue weighted by Crippen LogP contribution is 2.33. The Balaban J connectivity index is 1.55. The second kappa shape index (κ2) is 13.8. The van der Waals surface area contributed by atoms with Gasteiger partial charge in [-0.1, -0.05) is 108 Å². The molecule has 2 N–H and O–H groups in total. The Morgan fingerprint density at radius 1 is 0.896 bits per heavy atom. The average molecular weight is 652 g/mol. The SMILES string of the molecule is C=CCN1CC(=O)N2C(Cc3ccc(O)cc3)C(=O)N(Cc3cc(C(C)(C)C)cc(C(C)(C)C)c3)CC2N1C(=O)NCc1ccccc1. The summed E-state index contributed by atoms with van der Waals surface area (Å²) in [5.74, 6) is -0.277. The van der Waals surface area contributed by atoms with Gasteiger partial charge < -0.3 is 20.2 Å². The van der Waals surface area contributed by atoms with Crippen LogP contribution in [0.4, 0.5) is 4.79 Å². The molecule has 2 atom stereocenters. The lowest BCUT2D eigenvalue weighted by Gasteiger charge is -2.55. The van der Waals surface area contributed by atoms with Gasteiger partial charge in [0.2, 0.25) is 11.8 Å². The van der Waals surface area contributed by atoms with Crippen molar-refractivity contribution in [3.05, 3.63) is 113 Å². The van der Waals surface area contributed by atoms with Gasteiger partial charge in [0, 0.05) is 26.1 Å². The van der Waals surface area contributed by atoms with Crippen LogP contribution >= 0.6 is 0 Å². The van der Waals surface area contributed by atoms with Gasteiger partial charge in [-0.25, -0.2) is 14.8 Å². The van der Waals surface area contributed by atoms with Gasteiger partial charge in [-0.15, -0.1) is 6.58 Å². The van der Waals surface area contributed by atoms with E-state index in [1.54, 1.807) is 50.2 Å². The number of aromatic hydroxyl groups is 1. The normalized spacial score (nSPS) is 18.9. The molecule has 2 aliphatic heterocycles. The number of piperazine rings is 1. The third-order valence-electron chi connectivity index (χ3n) is 9.13. The molecule has 2 heterocycles. The molecule has 2 aliphatic rings. The number of hydrogen-bond acceptors (Lipinski definition) is 5. The maximum Gasteiger partial charge on any atom is 0.334 e. The fourth-order valence-corrected chi connectivity index (χ4v) is 6.42. The van der Waals surface area contributed by atoms with Crippen molar-refractivity contribution < 1.29 is 19.5 Å². The lowest BCUT2D eigenvalue weighted by atomic mass is 9.79. The van der Waals surface area contributed by atoms with E-state index >= 15 is 0 Å². The number of fused-ring (bicyclic) bond motifs is 1. The van der Waals surface area contributed by atoms with Crippen LogP contribution in [0.3, 0.4) is 0 Å². The smallest absolute Gasteiger partial charge is 0.334 e. The Morgan fingerprint density at radius 3 is 2.10 bits per heavy atom. The molecule has 3 aromatic carbocycles. The zero-order valence-electron chi connectivity index (χ0n) is 29.1. The number of phenolic OH excluding ortho intramolecular Hbond substituents is 1. The molecule has 0 aliphatic carbocycles. The Bertz CT molecular complexity index is 1610. The molecule has 0 aromatic heterocycles. The maximum absolute atomic E-state index is 14.5. The van der Waals surface area contributed by atoms with Gasteiger partial charge in [0.25, 0.3) is 0 Å². The minimum Gasteiger partial charge on any atom is -0.508 e. The molecule has 3 aromatic rings. The molecule has 48 heavy (non-hydrogen) atoms. The summed E-state index contributed by atoms with van der Waals surface area (Å²) in [6.45, 7) is 18.0. The lowest BCUT2D eigenvalue weighted by molar-refractivity contribution is -0.189. The van der Waals surface area contributed by atoms with E-state index in [1.807, 2.05) is 30.3 Å². The van der Waals surface area contributed by atoms with Crippen LogP contribution in [0, 0.1) is 0 Å². The first kappa shape index (κ1) is 34.7. The van der Waals surface area contributed by atoms with E-state index in [2.05, 4.69) is 71.6 Å². The molecule has 0 spiro atoms. The second-order valence-electron chi connectivity index (χ2n) is 14.9. The van der Waals surface area contributed by atoms with Crippen LogP contribution in [0.5, 0.6) is 5.75 Å². The summed E-state index contributed by atoms with van der Waals surface area (Å²) < 4.78 is 0. The number of urea groups is 1. The largest absolute Gasteiger partial charge is 0.508 e. The summed E-state index contributed by atoms with van der Waals surface area (Å²) in [4.78, 5) is 45.8. The summed E-state index contributed by atoms with van der Waals surface area (Å²) in [6, 6.07) is 21.7. The number of carbonyl (C=O) groups is 3. The third-order valence-corrected chi connectivity index (χ3v) is 9.13. The van der Waals surface area contributed by atoms with Crippen LogP contribution in [0.2, 0.25) is 0 Å². The number of rotatable bonds is 8. The van der Waals surface area contributed by atoms with E-state index < -0.39 is 12.2 Å². The topological polar surface area (TPSA) is 96.4 Å². The number of nitrogens with one attached hydrogen (secondary N) is 1. The molecule has 9 heteroatoms. The molecule has 5 rings (SSSR count). The molecule has 0 saturated carbocycles. The standard InChI is InChI=1S/C39H49N5O4/c1-8-18-42-26-35(46)43-33(21-27-14-16-32(45)17-15-27)36(47)41(24-29-19-30(38(2,3)4)22-31(20-29)39(5,6)7)25-34(43)44(42)37(48)40-23-28-12-10-9-11-13-28/h8-17,19-20,22,33-34,45H,1,18,21,23-26H2,2-7H3,(H,40,48). The highest BCUT2D eigenvalue weighted by Gasteiger charge is 2.51. The van der Waals surface area contributed by atoms with Crippen molar-refractivity contribution in [2.45, 2.75) is 84.1 Å². The van der Waals surface area contributed by atoms with Gasteiger partial charge >= 0.3 is 6.03 Å². The van der Waals surface area contributed by atoms with Crippen molar-refractivity contribution in [3.63, 3.8) is 0 Å². The first-order valence-electron chi connectivity index (χ1n) is 16.6. The van der Waals surface area contributed by atoms with E-state index in [0.29, 0.717) is 13.1 Å². The zero-order chi connectivity index (χ0) is 34.8. The van der Waals surface area contributed by atoms with Crippen molar-refractivity contribution in [3.8, 4) is 5.75 Å². The molecule has 0 radical (unpaired) electrons. The first-order valence-corrected chi connectivity index (χ1v) is 16.6. The van der Waals surface area contributed by atoms with Gasteiger partial charge in [0.15, 0.2) is 0 Å². The number of phenols is 1. The van der Waals surface area contributed by atoms with E-state index in [0.717, 1.165) is 16.7 Å². The van der Waals surface area contributed by atoms with Gasteiger partial charge in [-0.3, -0.25) is 9.59 Å². The van der Waals surface area contributed by atoms with Crippen LogP contribution in [-0.4, -0.2) is 74.6 Å². The summed E-state index contributed by atoms with van der Waals surface area (Å²) in [5, 5.41) is 16.3. The Hall–Kier alpha value is -4.63. The molecule has 2 fully saturated rings. The third kappa shape index (κ3) is 7.73. The van der Waals surface area contributed by atoms with Crippen LogP contribution < -0.4 is 5.32 Å². The fourth-order valence-electron chi connectivity index (χ4n) is 6.42. The van der Waals surface area contributed by atoms with Crippen molar-refractivity contribution in [2.75, 3.05) is 19.6 Å². The maximum atomic E-state index is 14.5. The van der Waals surface area contributed by atoms with E-state index in [9.17, 15) is 19.5 Å². The number of carbonyl (C=O) groups excluding carboxylic acids is 3. The Morgan fingerprint density at radius 2 is 1.52 bits per heavy atom. The zero-order valence-corrected chi connectivity index (χ0v) is 29.1. The molecule has 2 unspecified atom stereocenters. The predicted molar refractivity (Wildman–Crippen MR) is 188 cm³/mol. The van der Waals surface area contributed by atoms with Crippen molar-refractivity contribution >= 4 is 17.8 Å².